The number of carbonyl (C=O) groups is 1. The van der Waals surface area contributed by atoms with Gasteiger partial charge < -0.3 is 5.11 Å². The van der Waals surface area contributed by atoms with Gasteiger partial charge in [-0.05, 0) is 18.4 Å². The molecule has 8 heteroatoms. The molecule has 0 radical (unpaired) electrons. The summed E-state index contributed by atoms with van der Waals surface area (Å²) in [5.41, 5.74) is 8.67. The number of carboxylic acids is 1. The van der Waals surface area contributed by atoms with Crippen LogP contribution in [0.15, 0.2) is 23.3 Å². The highest BCUT2D eigenvalue weighted by Crippen LogP contribution is 2.26. The molecule has 1 aromatic carbocycles. The number of hydrogen-bond donors (Lipinski definition) is 1. The van der Waals surface area contributed by atoms with Gasteiger partial charge >= 0.3 is 5.97 Å². The van der Waals surface area contributed by atoms with Crippen molar-refractivity contribution in [1.29, 1.82) is 0 Å². The van der Waals surface area contributed by atoms with Gasteiger partial charge in [0.2, 0.25) is 0 Å². The van der Waals surface area contributed by atoms with Gasteiger partial charge in [0.1, 0.15) is 0 Å². The first kappa shape index (κ1) is 13.5. The van der Waals surface area contributed by atoms with Crippen molar-refractivity contribution in [2.45, 2.75) is 19.3 Å². The highest BCUT2D eigenvalue weighted by molar-refractivity contribution is 5.66. The lowest BCUT2D eigenvalue weighted by atomic mass is 10.1. The lowest BCUT2D eigenvalue weighted by Crippen LogP contribution is -1.99. The fourth-order valence-corrected chi connectivity index (χ4v) is 1.48. The van der Waals surface area contributed by atoms with Crippen molar-refractivity contribution in [3.05, 3.63) is 44.3 Å². The molecule has 0 aliphatic carbocycles. The van der Waals surface area contributed by atoms with E-state index in [4.69, 9.17) is 10.6 Å². The molecule has 0 spiro atoms. The Morgan fingerprint density at radius 3 is 2.83 bits per heavy atom. The molecule has 0 unspecified atom stereocenters. The monoisotopic (exact) mass is 250 g/mol. The lowest BCUT2D eigenvalue weighted by Gasteiger charge is -2.02. The van der Waals surface area contributed by atoms with Crippen LogP contribution in [-0.2, 0) is 11.2 Å². The molecule has 1 aromatic rings. The van der Waals surface area contributed by atoms with Gasteiger partial charge in [-0.25, -0.2) is 0 Å². The maximum atomic E-state index is 10.8. The van der Waals surface area contributed by atoms with Gasteiger partial charge in [-0.1, -0.05) is 17.2 Å². The third kappa shape index (κ3) is 3.76. The van der Waals surface area contributed by atoms with E-state index in [-0.39, 0.29) is 17.8 Å². The van der Waals surface area contributed by atoms with Gasteiger partial charge in [0.15, 0.2) is 0 Å². The van der Waals surface area contributed by atoms with Crippen molar-refractivity contribution in [2.24, 2.45) is 5.11 Å². The average molecular weight is 250 g/mol. The van der Waals surface area contributed by atoms with Gasteiger partial charge in [-0.2, -0.15) is 0 Å². The molecule has 0 aliphatic rings. The standard InChI is InChI=1S/C10H10N4O4/c11-13-12-8-5-4-7(2-1-3-10(15)16)9(6-8)14(17)18/h4-6H,1-3H2,(H,15,16). The Bertz CT molecular complexity index is 523. The summed E-state index contributed by atoms with van der Waals surface area (Å²) in [6.45, 7) is 0. The van der Waals surface area contributed by atoms with E-state index in [1.54, 1.807) is 0 Å². The molecule has 0 saturated heterocycles. The minimum absolute atomic E-state index is 0.0464. The third-order valence-corrected chi connectivity index (χ3v) is 2.26. The predicted molar refractivity (Wildman–Crippen MR) is 62.5 cm³/mol. The topological polar surface area (TPSA) is 129 Å². The molecule has 0 saturated carbocycles. The van der Waals surface area contributed by atoms with Crippen LogP contribution in [0.1, 0.15) is 18.4 Å². The van der Waals surface area contributed by atoms with Crippen LogP contribution in [0.3, 0.4) is 0 Å². The molecule has 8 nitrogen and oxygen atoms in total. The Morgan fingerprint density at radius 2 is 2.28 bits per heavy atom. The maximum absolute atomic E-state index is 10.8. The van der Waals surface area contributed by atoms with Crippen molar-refractivity contribution in [3.8, 4) is 0 Å². The molecule has 0 aliphatic heterocycles. The van der Waals surface area contributed by atoms with Gasteiger partial charge in [0.05, 0.1) is 4.92 Å². The van der Waals surface area contributed by atoms with Gasteiger partial charge in [-0.15, -0.1) is 0 Å². The van der Waals surface area contributed by atoms with Crippen LogP contribution in [0.5, 0.6) is 0 Å². The highest BCUT2D eigenvalue weighted by Gasteiger charge is 2.14. The summed E-state index contributed by atoms with van der Waals surface area (Å²) >= 11 is 0. The Balaban J connectivity index is 2.93. The van der Waals surface area contributed by atoms with Crippen LogP contribution >= 0.6 is 0 Å². The number of aryl methyl sites for hydroxylation is 1. The molecule has 0 amide bonds. The first-order chi connectivity index (χ1) is 8.54. The zero-order chi connectivity index (χ0) is 13.5. The molecule has 94 valence electrons. The minimum Gasteiger partial charge on any atom is -0.481 e. The fourth-order valence-electron chi connectivity index (χ4n) is 1.48. The summed E-state index contributed by atoms with van der Waals surface area (Å²) in [5.74, 6) is -0.941. The first-order valence-electron chi connectivity index (χ1n) is 5.09. The molecular formula is C10H10N4O4. The largest absolute Gasteiger partial charge is 0.481 e. The van der Waals surface area contributed by atoms with E-state index >= 15 is 0 Å². The average Bonchev–Trinajstić information content (AvgIpc) is 2.30. The van der Waals surface area contributed by atoms with Crippen LogP contribution in [0.2, 0.25) is 0 Å². The van der Waals surface area contributed by atoms with Gasteiger partial charge in [-0.3, -0.25) is 14.9 Å². The van der Waals surface area contributed by atoms with Crippen molar-refractivity contribution >= 4 is 17.3 Å². The molecule has 18 heavy (non-hydrogen) atoms. The fraction of sp³-hybridized carbons (Fsp3) is 0.300. The maximum Gasteiger partial charge on any atom is 0.303 e. The summed E-state index contributed by atoms with van der Waals surface area (Å²) in [5, 5.41) is 22.6. The molecule has 0 heterocycles. The quantitative estimate of drug-likeness (QED) is 0.273. The van der Waals surface area contributed by atoms with Gasteiger partial charge in [0.25, 0.3) is 5.69 Å². The van der Waals surface area contributed by atoms with E-state index in [9.17, 15) is 14.9 Å². The second-order valence-corrected chi connectivity index (χ2v) is 3.51. The highest BCUT2D eigenvalue weighted by atomic mass is 16.6. The van der Waals surface area contributed by atoms with Crippen LogP contribution < -0.4 is 0 Å². The SMILES string of the molecule is [N-]=[N+]=Nc1ccc(CCCC(=O)O)c([N+](=O)[O-])c1. The van der Waals surface area contributed by atoms with E-state index in [0.717, 1.165) is 0 Å². The van der Waals surface area contributed by atoms with E-state index in [1.807, 2.05) is 0 Å². The number of hydrogen-bond acceptors (Lipinski definition) is 4. The smallest absolute Gasteiger partial charge is 0.303 e. The summed E-state index contributed by atoms with van der Waals surface area (Å²) in [6.07, 6.45) is 0.561. The normalized spacial score (nSPS) is 9.56. The Labute approximate surface area is 102 Å². The molecule has 0 bridgehead atoms. The second-order valence-electron chi connectivity index (χ2n) is 3.51. The van der Waals surface area contributed by atoms with Crippen LogP contribution in [0.25, 0.3) is 10.4 Å². The van der Waals surface area contributed by atoms with E-state index in [2.05, 4.69) is 10.0 Å². The summed E-state index contributed by atoms with van der Waals surface area (Å²) in [7, 11) is 0. The van der Waals surface area contributed by atoms with Crippen LogP contribution in [0.4, 0.5) is 11.4 Å². The summed E-state index contributed by atoms with van der Waals surface area (Å²) in [4.78, 5) is 23.2. The first-order valence-corrected chi connectivity index (χ1v) is 5.09. The summed E-state index contributed by atoms with van der Waals surface area (Å²) in [6, 6.07) is 4.11. The Hall–Kier alpha value is -2.60. The molecule has 1 rings (SSSR count). The molecule has 0 aromatic heterocycles. The van der Waals surface area contributed by atoms with Crippen LogP contribution in [-0.4, -0.2) is 16.0 Å². The molecular weight excluding hydrogens is 240 g/mol. The minimum atomic E-state index is -0.941. The zero-order valence-electron chi connectivity index (χ0n) is 9.31. The molecule has 0 atom stereocenters. The number of nitrogens with zero attached hydrogens (tertiary/aromatic N) is 4. The Kier molecular flexibility index (Phi) is 4.65. The van der Waals surface area contributed by atoms with E-state index in [1.165, 1.54) is 18.2 Å². The summed E-state index contributed by atoms with van der Waals surface area (Å²) < 4.78 is 0. The van der Waals surface area contributed by atoms with Gasteiger partial charge in [0, 0.05) is 28.6 Å². The van der Waals surface area contributed by atoms with Crippen molar-refractivity contribution in [1.82, 2.24) is 0 Å². The molecule has 1 N–H and O–H groups in total. The predicted octanol–water partition coefficient (Wildman–Crippen LogP) is 2.94. The number of azide groups is 1. The number of nitro groups is 1. The number of rotatable bonds is 6. The number of nitro benzene ring substituents is 1. The van der Waals surface area contributed by atoms with Crippen molar-refractivity contribution in [2.75, 3.05) is 0 Å². The van der Waals surface area contributed by atoms with E-state index < -0.39 is 10.9 Å². The van der Waals surface area contributed by atoms with Crippen molar-refractivity contribution < 1.29 is 14.8 Å². The van der Waals surface area contributed by atoms with E-state index in [0.29, 0.717) is 18.4 Å². The lowest BCUT2D eigenvalue weighted by molar-refractivity contribution is -0.385. The third-order valence-electron chi connectivity index (χ3n) is 2.26. The number of aliphatic carboxylic acids is 1. The number of benzene rings is 1. The number of carboxylic acid groups (broad SMARTS) is 1. The van der Waals surface area contributed by atoms with Crippen molar-refractivity contribution in [3.63, 3.8) is 0 Å². The molecule has 0 fully saturated rings. The second kappa shape index (κ2) is 6.21. The Morgan fingerprint density at radius 1 is 1.56 bits per heavy atom. The van der Waals surface area contributed by atoms with Crippen LogP contribution in [0, 0.1) is 10.1 Å². The zero-order valence-corrected chi connectivity index (χ0v) is 9.31.